The van der Waals surface area contributed by atoms with Crippen LogP contribution in [0.25, 0.3) is 0 Å². The Bertz CT molecular complexity index is 363. The molecule has 0 atom stereocenters. The fraction of sp³-hybridized carbons (Fsp3) is 0.600. The zero-order valence-electron chi connectivity index (χ0n) is 8.53. The number of carbonyl (C=O) groups excluding carboxylic acids is 1. The van der Waals surface area contributed by atoms with E-state index >= 15 is 0 Å². The molecule has 4 heteroatoms. The standard InChI is InChI=1S/C10H15N3O/c1-6(2)13-5-8(10(11)14)9(12-13)7-3-4-7/h5-7H,3-4H2,1-2H3,(H2,11,14). The van der Waals surface area contributed by atoms with Gasteiger partial charge in [-0.15, -0.1) is 0 Å². The molecule has 0 aliphatic heterocycles. The fourth-order valence-corrected chi connectivity index (χ4v) is 1.52. The first-order chi connectivity index (χ1) is 6.59. The van der Waals surface area contributed by atoms with E-state index in [0.717, 1.165) is 18.5 Å². The molecule has 2 N–H and O–H groups in total. The van der Waals surface area contributed by atoms with Crippen molar-refractivity contribution in [1.82, 2.24) is 9.78 Å². The summed E-state index contributed by atoms with van der Waals surface area (Å²) in [5.41, 5.74) is 6.79. The van der Waals surface area contributed by atoms with Crippen molar-refractivity contribution in [3.63, 3.8) is 0 Å². The van der Waals surface area contributed by atoms with E-state index in [1.54, 1.807) is 6.20 Å². The second-order valence-electron chi connectivity index (χ2n) is 4.14. The van der Waals surface area contributed by atoms with Crippen LogP contribution in [0.1, 0.15) is 54.7 Å². The highest BCUT2D eigenvalue weighted by Crippen LogP contribution is 2.40. The van der Waals surface area contributed by atoms with Crippen molar-refractivity contribution in [3.05, 3.63) is 17.5 Å². The van der Waals surface area contributed by atoms with Crippen LogP contribution in [-0.2, 0) is 0 Å². The Morgan fingerprint density at radius 3 is 2.71 bits per heavy atom. The second-order valence-corrected chi connectivity index (χ2v) is 4.14. The van der Waals surface area contributed by atoms with E-state index in [0.29, 0.717) is 11.5 Å². The number of nitrogens with two attached hydrogens (primary N) is 1. The van der Waals surface area contributed by atoms with Gasteiger partial charge in [-0.05, 0) is 26.7 Å². The van der Waals surface area contributed by atoms with Gasteiger partial charge in [0.25, 0.3) is 5.91 Å². The van der Waals surface area contributed by atoms with Crippen LogP contribution < -0.4 is 5.73 Å². The molecule has 1 aliphatic carbocycles. The minimum Gasteiger partial charge on any atom is -0.365 e. The molecule has 1 saturated carbocycles. The van der Waals surface area contributed by atoms with Gasteiger partial charge in [0, 0.05) is 18.2 Å². The quantitative estimate of drug-likeness (QED) is 0.789. The minimum atomic E-state index is -0.362. The van der Waals surface area contributed by atoms with Crippen LogP contribution in [0.4, 0.5) is 0 Å². The van der Waals surface area contributed by atoms with Crippen LogP contribution in [0, 0.1) is 0 Å². The fourth-order valence-electron chi connectivity index (χ4n) is 1.52. The summed E-state index contributed by atoms with van der Waals surface area (Å²) in [6, 6.07) is 0.278. The minimum absolute atomic E-state index is 0.278. The highest BCUT2D eigenvalue weighted by atomic mass is 16.1. The van der Waals surface area contributed by atoms with Crippen molar-refractivity contribution in [1.29, 1.82) is 0 Å². The van der Waals surface area contributed by atoms with Gasteiger partial charge in [-0.3, -0.25) is 9.48 Å². The van der Waals surface area contributed by atoms with Gasteiger partial charge < -0.3 is 5.73 Å². The predicted octanol–water partition coefficient (Wildman–Crippen LogP) is 1.44. The van der Waals surface area contributed by atoms with Crippen molar-refractivity contribution in [2.75, 3.05) is 0 Å². The molecule has 1 aliphatic rings. The topological polar surface area (TPSA) is 60.9 Å². The molecule has 1 aromatic heterocycles. The molecule has 1 amide bonds. The van der Waals surface area contributed by atoms with E-state index in [-0.39, 0.29) is 11.9 Å². The smallest absolute Gasteiger partial charge is 0.252 e. The third-order valence-corrected chi connectivity index (χ3v) is 2.52. The van der Waals surface area contributed by atoms with Crippen molar-refractivity contribution in [2.24, 2.45) is 5.73 Å². The molecule has 0 unspecified atom stereocenters. The molecule has 0 saturated heterocycles. The SMILES string of the molecule is CC(C)n1cc(C(N)=O)c(C2CC2)n1. The molecule has 14 heavy (non-hydrogen) atoms. The van der Waals surface area contributed by atoms with E-state index < -0.39 is 0 Å². The summed E-state index contributed by atoms with van der Waals surface area (Å²) in [6.07, 6.45) is 4.03. The summed E-state index contributed by atoms with van der Waals surface area (Å²) in [6.45, 7) is 4.07. The van der Waals surface area contributed by atoms with Crippen molar-refractivity contribution < 1.29 is 4.79 Å². The first-order valence-electron chi connectivity index (χ1n) is 4.98. The van der Waals surface area contributed by atoms with Gasteiger partial charge in [-0.25, -0.2) is 0 Å². The number of amides is 1. The van der Waals surface area contributed by atoms with Crippen LogP contribution in [0.15, 0.2) is 6.20 Å². The Labute approximate surface area is 83.1 Å². The average Bonchev–Trinajstić information content (AvgIpc) is 2.83. The van der Waals surface area contributed by atoms with E-state index in [1.165, 1.54) is 0 Å². The molecule has 0 radical (unpaired) electrons. The van der Waals surface area contributed by atoms with E-state index in [2.05, 4.69) is 5.10 Å². The summed E-state index contributed by atoms with van der Waals surface area (Å²) >= 11 is 0. The third kappa shape index (κ3) is 1.52. The van der Waals surface area contributed by atoms with E-state index in [4.69, 9.17) is 5.73 Å². The Balaban J connectivity index is 2.40. The lowest BCUT2D eigenvalue weighted by molar-refractivity contribution is 0.0999. The summed E-state index contributed by atoms with van der Waals surface area (Å²) in [4.78, 5) is 11.2. The number of nitrogens with zero attached hydrogens (tertiary/aromatic N) is 2. The maximum absolute atomic E-state index is 11.2. The van der Waals surface area contributed by atoms with Crippen molar-refractivity contribution in [3.8, 4) is 0 Å². The largest absolute Gasteiger partial charge is 0.365 e. The maximum Gasteiger partial charge on any atom is 0.252 e. The summed E-state index contributed by atoms with van der Waals surface area (Å²) in [7, 11) is 0. The van der Waals surface area contributed by atoms with Gasteiger partial charge in [0.1, 0.15) is 0 Å². The van der Waals surface area contributed by atoms with E-state index in [9.17, 15) is 4.79 Å². The van der Waals surface area contributed by atoms with Gasteiger partial charge in [0.15, 0.2) is 0 Å². The number of carbonyl (C=O) groups is 1. The molecule has 0 aromatic carbocycles. The number of rotatable bonds is 3. The number of hydrogen-bond donors (Lipinski definition) is 1. The number of aromatic nitrogens is 2. The Morgan fingerprint density at radius 2 is 2.29 bits per heavy atom. The van der Waals surface area contributed by atoms with Crippen LogP contribution in [-0.4, -0.2) is 15.7 Å². The zero-order valence-corrected chi connectivity index (χ0v) is 8.53. The van der Waals surface area contributed by atoms with Gasteiger partial charge in [0.05, 0.1) is 11.3 Å². The molecule has 1 heterocycles. The highest BCUT2D eigenvalue weighted by molar-refractivity contribution is 5.94. The molecule has 0 bridgehead atoms. The van der Waals surface area contributed by atoms with Crippen LogP contribution in [0.3, 0.4) is 0 Å². The number of hydrogen-bond acceptors (Lipinski definition) is 2. The van der Waals surface area contributed by atoms with Crippen LogP contribution in [0.5, 0.6) is 0 Å². The van der Waals surface area contributed by atoms with Crippen molar-refractivity contribution in [2.45, 2.75) is 38.6 Å². The summed E-state index contributed by atoms with van der Waals surface area (Å²) in [5, 5.41) is 4.41. The summed E-state index contributed by atoms with van der Waals surface area (Å²) < 4.78 is 1.81. The molecule has 76 valence electrons. The van der Waals surface area contributed by atoms with Gasteiger partial charge in [-0.1, -0.05) is 0 Å². The first kappa shape index (κ1) is 9.24. The lowest BCUT2D eigenvalue weighted by Gasteiger charge is -2.02. The monoisotopic (exact) mass is 193 g/mol. The molecule has 4 nitrogen and oxygen atoms in total. The first-order valence-corrected chi connectivity index (χ1v) is 4.98. The second kappa shape index (κ2) is 3.12. The lowest BCUT2D eigenvalue weighted by atomic mass is 10.2. The maximum atomic E-state index is 11.2. The number of primary amides is 1. The Morgan fingerprint density at radius 1 is 1.64 bits per heavy atom. The normalized spacial score (nSPS) is 16.2. The highest BCUT2D eigenvalue weighted by Gasteiger charge is 2.31. The van der Waals surface area contributed by atoms with Crippen LogP contribution >= 0.6 is 0 Å². The van der Waals surface area contributed by atoms with Gasteiger partial charge in [0.2, 0.25) is 0 Å². The van der Waals surface area contributed by atoms with Crippen LogP contribution in [0.2, 0.25) is 0 Å². The Hall–Kier alpha value is -1.32. The molecule has 0 spiro atoms. The average molecular weight is 193 g/mol. The molecular formula is C10H15N3O. The van der Waals surface area contributed by atoms with Gasteiger partial charge >= 0.3 is 0 Å². The zero-order chi connectivity index (χ0) is 10.3. The molecule has 1 aromatic rings. The predicted molar refractivity (Wildman–Crippen MR) is 53.1 cm³/mol. The lowest BCUT2D eigenvalue weighted by Crippen LogP contribution is -2.12. The summed E-state index contributed by atoms with van der Waals surface area (Å²) in [5.74, 6) is 0.108. The molecular weight excluding hydrogens is 178 g/mol. The third-order valence-electron chi connectivity index (χ3n) is 2.52. The molecule has 1 fully saturated rings. The van der Waals surface area contributed by atoms with Crippen molar-refractivity contribution >= 4 is 5.91 Å². The Kier molecular flexibility index (Phi) is 2.06. The molecule has 2 rings (SSSR count). The van der Waals surface area contributed by atoms with Gasteiger partial charge in [-0.2, -0.15) is 5.10 Å². The van der Waals surface area contributed by atoms with E-state index in [1.807, 2.05) is 18.5 Å².